The number of hydrogen-bond donors (Lipinski definition) is 0. The van der Waals surface area contributed by atoms with Crippen LogP contribution in [0.2, 0.25) is 0 Å². The lowest BCUT2D eigenvalue weighted by molar-refractivity contribution is -0.181. The van der Waals surface area contributed by atoms with Crippen molar-refractivity contribution in [2.24, 2.45) is 0 Å². The van der Waals surface area contributed by atoms with Gasteiger partial charge in [-0.15, -0.1) is 0 Å². The Labute approximate surface area is 166 Å². The number of amides is 1. The highest BCUT2D eigenvalue weighted by molar-refractivity contribution is 8.03. The molecule has 3 nitrogen and oxygen atoms in total. The molecule has 0 heterocycles. The van der Waals surface area contributed by atoms with E-state index in [9.17, 15) is 4.79 Å². The topological polar surface area (TPSA) is 29.5 Å². The predicted octanol–water partition coefficient (Wildman–Crippen LogP) is 5.78. The average molecular weight is 380 g/mol. The molecule has 0 saturated heterocycles. The molecule has 0 radical (unpaired) electrons. The third-order valence-corrected chi connectivity index (χ3v) is 4.88. The fourth-order valence-corrected chi connectivity index (χ4v) is 3.04. The smallest absolute Gasteiger partial charge is 0.267 e. The van der Waals surface area contributed by atoms with Crippen LogP contribution in [0, 0.1) is 0 Å². The zero-order chi connectivity index (χ0) is 19.6. The summed E-state index contributed by atoms with van der Waals surface area (Å²) >= 11 is 1.61. The van der Waals surface area contributed by atoms with Gasteiger partial charge in [-0.2, -0.15) is 0 Å². The number of nitrogens with zero attached hydrogens (tertiary/aromatic N) is 1. The number of thioether (sulfide) groups is 1. The Hall–Kier alpha value is -2.56. The monoisotopic (exact) mass is 379 g/mol. The van der Waals surface area contributed by atoms with Crippen molar-refractivity contribution in [2.75, 3.05) is 6.61 Å². The summed E-state index contributed by atoms with van der Waals surface area (Å²) in [6.45, 7) is 12.2. The first kappa shape index (κ1) is 20.7. The van der Waals surface area contributed by atoms with E-state index in [0.29, 0.717) is 12.1 Å². The zero-order valence-corrected chi connectivity index (χ0v) is 16.7. The minimum Gasteiger partial charge on any atom is -0.267 e. The summed E-state index contributed by atoms with van der Waals surface area (Å²) in [4.78, 5) is 20.2. The van der Waals surface area contributed by atoms with Gasteiger partial charge in [-0.3, -0.25) is 9.63 Å². The summed E-state index contributed by atoms with van der Waals surface area (Å²) in [7, 11) is 0. The van der Waals surface area contributed by atoms with Crippen LogP contribution in [0.5, 0.6) is 0 Å². The Morgan fingerprint density at radius 1 is 1.04 bits per heavy atom. The molecule has 0 saturated carbocycles. The van der Waals surface area contributed by atoms with Gasteiger partial charge in [0.15, 0.2) is 0 Å². The molecule has 2 rings (SSSR count). The summed E-state index contributed by atoms with van der Waals surface area (Å²) in [6.07, 6.45) is 1.93. The molecule has 0 spiro atoms. The SMILES string of the molecule is C=C(C)C(=O)N(Cc1ccccc1)OC/C=C(\C)C(=C)Sc1ccccc1. The Morgan fingerprint density at radius 3 is 2.22 bits per heavy atom. The quantitative estimate of drug-likeness (QED) is 0.239. The molecule has 0 aliphatic carbocycles. The van der Waals surface area contributed by atoms with Crippen LogP contribution in [0.1, 0.15) is 19.4 Å². The highest BCUT2D eigenvalue weighted by Gasteiger charge is 2.15. The predicted molar refractivity (Wildman–Crippen MR) is 113 cm³/mol. The summed E-state index contributed by atoms with van der Waals surface area (Å²) in [6, 6.07) is 19.8. The number of hydrogen-bond acceptors (Lipinski definition) is 3. The summed E-state index contributed by atoms with van der Waals surface area (Å²) in [5.74, 6) is -0.220. The maximum absolute atomic E-state index is 12.4. The van der Waals surface area contributed by atoms with Crippen molar-refractivity contribution < 1.29 is 9.63 Å². The molecular weight excluding hydrogens is 354 g/mol. The molecule has 140 valence electrons. The maximum Gasteiger partial charge on any atom is 0.272 e. The molecule has 0 unspecified atom stereocenters. The first-order valence-electron chi connectivity index (χ1n) is 8.70. The van der Waals surface area contributed by atoms with E-state index in [1.165, 1.54) is 5.06 Å². The molecule has 2 aromatic carbocycles. The van der Waals surface area contributed by atoms with Gasteiger partial charge in [0, 0.05) is 15.4 Å². The van der Waals surface area contributed by atoms with Crippen LogP contribution < -0.4 is 0 Å². The molecular formula is C23H25NO2S. The van der Waals surface area contributed by atoms with Gasteiger partial charge < -0.3 is 0 Å². The summed E-state index contributed by atoms with van der Waals surface area (Å²) in [5.41, 5.74) is 2.46. The molecule has 2 aromatic rings. The minimum atomic E-state index is -0.220. The number of allylic oxidation sites excluding steroid dienone is 1. The lowest BCUT2D eigenvalue weighted by Gasteiger charge is -2.21. The number of carbonyl (C=O) groups excluding carboxylic acids is 1. The van der Waals surface area contributed by atoms with Gasteiger partial charge in [0.2, 0.25) is 0 Å². The summed E-state index contributed by atoms with van der Waals surface area (Å²) < 4.78 is 0. The van der Waals surface area contributed by atoms with E-state index in [0.717, 1.165) is 20.9 Å². The van der Waals surface area contributed by atoms with E-state index in [1.807, 2.05) is 73.7 Å². The van der Waals surface area contributed by atoms with E-state index >= 15 is 0 Å². The van der Waals surface area contributed by atoms with Gasteiger partial charge in [-0.1, -0.05) is 79.5 Å². The Morgan fingerprint density at radius 2 is 1.63 bits per heavy atom. The van der Waals surface area contributed by atoms with Crippen LogP contribution in [0.4, 0.5) is 0 Å². The summed E-state index contributed by atoms with van der Waals surface area (Å²) in [5, 5.41) is 1.36. The highest BCUT2D eigenvalue weighted by atomic mass is 32.2. The van der Waals surface area contributed by atoms with Crippen molar-refractivity contribution in [1.82, 2.24) is 5.06 Å². The second-order valence-corrected chi connectivity index (χ2v) is 7.30. The second kappa shape index (κ2) is 10.6. The number of rotatable bonds is 9. The average Bonchev–Trinajstić information content (AvgIpc) is 2.68. The van der Waals surface area contributed by atoms with E-state index < -0.39 is 0 Å². The number of hydroxylamine groups is 2. The molecule has 0 aliphatic rings. The molecule has 0 aliphatic heterocycles. The second-order valence-electron chi connectivity index (χ2n) is 6.13. The first-order valence-corrected chi connectivity index (χ1v) is 9.52. The van der Waals surface area contributed by atoms with Crippen molar-refractivity contribution in [3.05, 3.63) is 102 Å². The van der Waals surface area contributed by atoms with Gasteiger partial charge in [0.25, 0.3) is 5.91 Å². The molecule has 4 heteroatoms. The first-order chi connectivity index (χ1) is 13.0. The zero-order valence-electron chi connectivity index (χ0n) is 15.9. The lowest BCUT2D eigenvalue weighted by Crippen LogP contribution is -2.31. The van der Waals surface area contributed by atoms with E-state index in [2.05, 4.69) is 13.2 Å². The van der Waals surface area contributed by atoms with Crippen LogP contribution in [0.3, 0.4) is 0 Å². The molecule has 0 bridgehead atoms. The molecule has 0 aromatic heterocycles. The third kappa shape index (κ3) is 6.93. The van der Waals surface area contributed by atoms with Gasteiger partial charge in [0.05, 0.1) is 13.2 Å². The van der Waals surface area contributed by atoms with Crippen LogP contribution in [0.15, 0.2) is 101 Å². The van der Waals surface area contributed by atoms with Crippen molar-refractivity contribution in [3.63, 3.8) is 0 Å². The Kier molecular flexibility index (Phi) is 8.11. The van der Waals surface area contributed by atoms with Gasteiger partial charge >= 0.3 is 0 Å². The fraction of sp³-hybridized carbons (Fsp3) is 0.174. The third-order valence-electron chi connectivity index (χ3n) is 3.80. The molecule has 0 N–H and O–H groups in total. The van der Waals surface area contributed by atoms with E-state index in [4.69, 9.17) is 4.84 Å². The number of carbonyl (C=O) groups is 1. The standard InChI is InChI=1S/C23H25NO2S/c1-18(2)23(25)24(17-21-11-7-5-8-12-21)26-16-15-19(3)20(4)27-22-13-9-6-10-14-22/h5-15H,1,4,16-17H2,2-3H3/b19-15+. The highest BCUT2D eigenvalue weighted by Crippen LogP contribution is 2.29. The van der Waals surface area contributed by atoms with Crippen LogP contribution >= 0.6 is 11.8 Å². The van der Waals surface area contributed by atoms with Crippen molar-refractivity contribution >= 4 is 17.7 Å². The van der Waals surface area contributed by atoms with Crippen LogP contribution in [-0.4, -0.2) is 17.6 Å². The lowest BCUT2D eigenvalue weighted by atomic mass is 10.2. The largest absolute Gasteiger partial charge is 0.272 e. The van der Waals surface area contributed by atoms with Crippen LogP contribution in [0.25, 0.3) is 0 Å². The normalized spacial score (nSPS) is 11.1. The van der Waals surface area contributed by atoms with Crippen LogP contribution in [-0.2, 0) is 16.2 Å². The van der Waals surface area contributed by atoms with E-state index in [-0.39, 0.29) is 12.5 Å². The maximum atomic E-state index is 12.4. The van der Waals surface area contributed by atoms with Crippen molar-refractivity contribution in [1.29, 1.82) is 0 Å². The molecule has 0 atom stereocenters. The number of benzene rings is 2. The minimum absolute atomic E-state index is 0.220. The fourth-order valence-electron chi connectivity index (χ4n) is 2.22. The van der Waals surface area contributed by atoms with Gasteiger partial charge in [-0.25, -0.2) is 5.06 Å². The van der Waals surface area contributed by atoms with Crippen molar-refractivity contribution in [2.45, 2.75) is 25.3 Å². The Bertz CT molecular complexity index is 813. The molecule has 1 amide bonds. The molecule has 0 fully saturated rings. The molecule has 27 heavy (non-hydrogen) atoms. The van der Waals surface area contributed by atoms with Crippen molar-refractivity contribution in [3.8, 4) is 0 Å². The Balaban J connectivity index is 1.96. The van der Waals surface area contributed by atoms with E-state index in [1.54, 1.807) is 18.7 Å². The van der Waals surface area contributed by atoms with Gasteiger partial charge in [-0.05, 0) is 37.1 Å². The van der Waals surface area contributed by atoms with Gasteiger partial charge in [0.1, 0.15) is 0 Å².